The third-order valence-electron chi connectivity index (χ3n) is 5.95. The fourth-order valence-electron chi connectivity index (χ4n) is 4.00. The zero-order valence-corrected chi connectivity index (χ0v) is 20.9. The van der Waals surface area contributed by atoms with Crippen molar-refractivity contribution in [2.75, 3.05) is 26.2 Å². The highest BCUT2D eigenvalue weighted by Gasteiger charge is 2.20. The summed E-state index contributed by atoms with van der Waals surface area (Å²) in [6, 6.07) is 0.171. The first-order valence-corrected chi connectivity index (χ1v) is 12.4. The summed E-state index contributed by atoms with van der Waals surface area (Å²) in [7, 11) is 0. The van der Waals surface area contributed by atoms with Crippen LogP contribution in [0.25, 0.3) is 0 Å². The third-order valence-corrected chi connectivity index (χ3v) is 5.95. The molecule has 0 saturated carbocycles. The first-order chi connectivity index (χ1) is 16.5. The van der Waals surface area contributed by atoms with Gasteiger partial charge in [-0.15, -0.1) is 0 Å². The van der Waals surface area contributed by atoms with Gasteiger partial charge < -0.3 is 25.8 Å². The monoisotopic (exact) mass is 470 g/mol. The Hall–Kier alpha value is -2.48. The summed E-state index contributed by atoms with van der Waals surface area (Å²) >= 11 is 0. The van der Waals surface area contributed by atoms with Gasteiger partial charge in [0.2, 0.25) is 11.8 Å². The number of ether oxygens (including phenoxy) is 1. The molecule has 2 heterocycles. The molecule has 0 spiro atoms. The smallest absolute Gasteiger partial charge is 0.231 e. The lowest BCUT2D eigenvalue weighted by Gasteiger charge is -2.24. The molecule has 7 nitrogen and oxygen atoms in total. The van der Waals surface area contributed by atoms with Crippen LogP contribution in [-0.4, -0.2) is 61.7 Å². The van der Waals surface area contributed by atoms with Crippen LogP contribution in [0.5, 0.6) is 0 Å². The number of aliphatic hydroxyl groups is 1. The van der Waals surface area contributed by atoms with Gasteiger partial charge in [0.1, 0.15) is 6.10 Å². The highest BCUT2D eigenvalue weighted by atomic mass is 16.5. The van der Waals surface area contributed by atoms with Crippen molar-refractivity contribution in [2.45, 2.75) is 64.7 Å². The number of aliphatic imine (C=N–C) groups is 1. The summed E-state index contributed by atoms with van der Waals surface area (Å²) < 4.78 is 5.99. The molecule has 1 amide bonds. The largest absolute Gasteiger partial charge is 0.474 e. The highest BCUT2D eigenvalue weighted by Crippen LogP contribution is 2.18. The Kier molecular flexibility index (Phi) is 12.6. The Morgan fingerprint density at radius 3 is 2.79 bits per heavy atom. The number of nitrogens with one attached hydrogen (secondary N) is 3. The number of amides is 1. The molecule has 2 aliphatic heterocycles. The number of allylic oxidation sites excluding steroid dienone is 5. The van der Waals surface area contributed by atoms with E-state index in [-0.39, 0.29) is 24.6 Å². The second-order valence-corrected chi connectivity index (χ2v) is 8.78. The van der Waals surface area contributed by atoms with Crippen LogP contribution in [0.2, 0.25) is 0 Å². The van der Waals surface area contributed by atoms with Crippen molar-refractivity contribution < 1.29 is 14.6 Å². The minimum absolute atomic E-state index is 0.115. The van der Waals surface area contributed by atoms with E-state index in [1.807, 2.05) is 19.1 Å². The highest BCUT2D eigenvalue weighted by molar-refractivity contribution is 5.84. The maximum atomic E-state index is 12.7. The first-order valence-electron chi connectivity index (χ1n) is 12.4. The van der Waals surface area contributed by atoms with Crippen LogP contribution in [-0.2, 0) is 9.53 Å². The van der Waals surface area contributed by atoms with Crippen molar-refractivity contribution in [2.24, 2.45) is 10.9 Å². The van der Waals surface area contributed by atoms with E-state index in [1.54, 1.807) is 24.4 Å². The molecular weight excluding hydrogens is 428 g/mol. The standard InChI is InChI=1S/C27H42N4O3/c1-5-9-21(6-2)22(7-3)16-20(4)30-18-24(32)19-31-27(33)23-10-8-13-29-26(17-23)34-25-11-14-28-15-12-25/h5,7-10,13,17,20,23-25,28,30,32H,3,6,11-12,14-16,18-19H2,1-2,4H3,(H,31,33)/b9-5-,22-21+. The Labute approximate surface area is 204 Å². The number of piperidine rings is 1. The molecule has 3 atom stereocenters. The molecular formula is C27H42N4O3. The molecule has 2 rings (SSSR count). The Morgan fingerprint density at radius 1 is 1.35 bits per heavy atom. The molecule has 0 aromatic rings. The van der Waals surface area contributed by atoms with Gasteiger partial charge in [-0.25, -0.2) is 4.99 Å². The van der Waals surface area contributed by atoms with E-state index in [9.17, 15) is 9.90 Å². The number of hydrogen-bond acceptors (Lipinski definition) is 6. The molecule has 0 aromatic heterocycles. The predicted molar refractivity (Wildman–Crippen MR) is 140 cm³/mol. The van der Waals surface area contributed by atoms with Gasteiger partial charge in [-0.05, 0) is 75.9 Å². The van der Waals surface area contributed by atoms with Crippen LogP contribution in [0.3, 0.4) is 0 Å². The number of carbonyl (C=O) groups excluding carboxylic acids is 1. The molecule has 1 saturated heterocycles. The fraction of sp³-hybridized carbons (Fsp3) is 0.556. The average Bonchev–Trinajstić information content (AvgIpc) is 3.09. The number of hydrogen-bond donors (Lipinski definition) is 4. The van der Waals surface area contributed by atoms with Crippen molar-refractivity contribution in [1.29, 1.82) is 0 Å². The van der Waals surface area contributed by atoms with Gasteiger partial charge in [0.05, 0.1) is 12.0 Å². The molecule has 0 aliphatic carbocycles. The van der Waals surface area contributed by atoms with Crippen molar-refractivity contribution in [1.82, 2.24) is 16.0 Å². The zero-order chi connectivity index (χ0) is 24.8. The van der Waals surface area contributed by atoms with E-state index in [0.29, 0.717) is 12.4 Å². The van der Waals surface area contributed by atoms with E-state index in [4.69, 9.17) is 4.74 Å². The summed E-state index contributed by atoms with van der Waals surface area (Å²) in [5.41, 5.74) is 2.48. The molecule has 4 N–H and O–H groups in total. The van der Waals surface area contributed by atoms with Crippen LogP contribution in [0, 0.1) is 5.92 Å². The third kappa shape index (κ3) is 9.79. The number of carbonyl (C=O) groups is 1. The second kappa shape index (κ2) is 15.4. The second-order valence-electron chi connectivity index (χ2n) is 8.78. The lowest BCUT2D eigenvalue weighted by atomic mass is 9.99. The number of rotatable bonds is 13. The van der Waals surface area contributed by atoms with Gasteiger partial charge in [-0.3, -0.25) is 4.79 Å². The van der Waals surface area contributed by atoms with E-state index < -0.39 is 12.0 Å². The van der Waals surface area contributed by atoms with Crippen molar-refractivity contribution >= 4 is 12.1 Å². The fourth-order valence-corrected chi connectivity index (χ4v) is 4.00. The number of nitrogens with zero attached hydrogens (tertiary/aromatic N) is 1. The summed E-state index contributed by atoms with van der Waals surface area (Å²) in [5.74, 6) is -0.197. The van der Waals surface area contributed by atoms with Crippen LogP contribution >= 0.6 is 0 Å². The summed E-state index contributed by atoms with van der Waals surface area (Å²) in [6.45, 7) is 12.6. The summed E-state index contributed by atoms with van der Waals surface area (Å²) in [6.07, 6.45) is 16.0. The Balaban J connectivity index is 1.80. The summed E-state index contributed by atoms with van der Waals surface area (Å²) in [5, 5.41) is 19.9. The van der Waals surface area contributed by atoms with Crippen LogP contribution in [0.1, 0.15) is 46.5 Å². The van der Waals surface area contributed by atoms with Crippen LogP contribution in [0.4, 0.5) is 0 Å². The Bertz CT molecular complexity index is 807. The first kappa shape index (κ1) is 27.8. The molecule has 0 bridgehead atoms. The molecule has 0 radical (unpaired) electrons. The van der Waals surface area contributed by atoms with E-state index >= 15 is 0 Å². The minimum atomic E-state index is -0.691. The molecule has 0 aromatic carbocycles. The van der Waals surface area contributed by atoms with Crippen molar-refractivity contribution in [3.63, 3.8) is 0 Å². The van der Waals surface area contributed by atoms with Gasteiger partial charge in [-0.1, -0.05) is 37.8 Å². The zero-order valence-electron chi connectivity index (χ0n) is 20.9. The van der Waals surface area contributed by atoms with Crippen LogP contribution in [0.15, 0.2) is 65.1 Å². The van der Waals surface area contributed by atoms with E-state index in [0.717, 1.165) is 38.8 Å². The maximum Gasteiger partial charge on any atom is 0.231 e. The molecule has 7 heteroatoms. The quantitative estimate of drug-likeness (QED) is 0.310. The Morgan fingerprint density at radius 2 is 2.12 bits per heavy atom. The van der Waals surface area contributed by atoms with Gasteiger partial charge in [0.25, 0.3) is 0 Å². The predicted octanol–water partition coefficient (Wildman–Crippen LogP) is 3.17. The van der Waals surface area contributed by atoms with Crippen LogP contribution < -0.4 is 16.0 Å². The maximum absolute atomic E-state index is 12.7. The minimum Gasteiger partial charge on any atom is -0.474 e. The lowest BCUT2D eigenvalue weighted by Crippen LogP contribution is -2.42. The van der Waals surface area contributed by atoms with Gasteiger partial charge in [0, 0.05) is 25.3 Å². The SMILES string of the molecule is C=C/C(CC(C)NCC(O)CNC(=O)C1C=CC=NC(OC2CCNCC2)=C1)=C(\C=C/C)CC. The molecule has 2 aliphatic rings. The summed E-state index contributed by atoms with van der Waals surface area (Å²) in [4.78, 5) is 17.0. The van der Waals surface area contributed by atoms with Gasteiger partial charge in [0.15, 0.2) is 0 Å². The van der Waals surface area contributed by atoms with Gasteiger partial charge >= 0.3 is 0 Å². The van der Waals surface area contributed by atoms with E-state index in [2.05, 4.69) is 47.4 Å². The van der Waals surface area contributed by atoms with E-state index in [1.165, 1.54) is 11.1 Å². The molecule has 1 fully saturated rings. The topological polar surface area (TPSA) is 95.0 Å². The normalized spacial score (nSPS) is 21.4. The average molecular weight is 471 g/mol. The number of aliphatic hydroxyl groups excluding tert-OH is 1. The van der Waals surface area contributed by atoms with Crippen molar-refractivity contribution in [3.05, 3.63) is 60.1 Å². The van der Waals surface area contributed by atoms with Gasteiger partial charge in [-0.2, -0.15) is 0 Å². The lowest BCUT2D eigenvalue weighted by molar-refractivity contribution is -0.122. The van der Waals surface area contributed by atoms with Crippen molar-refractivity contribution in [3.8, 4) is 0 Å². The molecule has 34 heavy (non-hydrogen) atoms. The molecule has 188 valence electrons. The molecule has 3 unspecified atom stereocenters.